The van der Waals surface area contributed by atoms with Crippen LogP contribution in [0.15, 0.2) is 168 Å². The van der Waals surface area contributed by atoms with Crippen molar-refractivity contribution in [2.45, 2.75) is 162 Å². The molecule has 127 heavy (non-hydrogen) atoms. The third-order valence-electron chi connectivity index (χ3n) is 26.2. The number of aryl methyl sites for hydroxylation is 1. The van der Waals surface area contributed by atoms with Crippen molar-refractivity contribution in [1.82, 2.24) is 60.8 Å². The molecule has 19 rings (SSSR count). The van der Waals surface area contributed by atoms with Gasteiger partial charge in [0.15, 0.2) is 23.2 Å². The number of tetrazole rings is 2. The van der Waals surface area contributed by atoms with Crippen molar-refractivity contribution in [3.05, 3.63) is 275 Å². The van der Waals surface area contributed by atoms with Gasteiger partial charge >= 0.3 is 11.9 Å². The lowest BCUT2D eigenvalue weighted by Crippen LogP contribution is -2.42. The van der Waals surface area contributed by atoms with E-state index in [1.165, 1.54) is 70.9 Å². The van der Waals surface area contributed by atoms with Crippen molar-refractivity contribution in [2.75, 3.05) is 93.3 Å². The molecule has 10 heterocycles. The molecule has 0 radical (unpaired) electrons. The highest BCUT2D eigenvalue weighted by Crippen LogP contribution is 2.51. The number of para-hydroxylation sites is 1. The van der Waals surface area contributed by atoms with Crippen molar-refractivity contribution >= 4 is 34.2 Å². The zero-order valence-corrected chi connectivity index (χ0v) is 73.6. The smallest absolute Gasteiger partial charge is 0.310 e. The van der Waals surface area contributed by atoms with Gasteiger partial charge in [-0.1, -0.05) is 101 Å². The number of H-pyrrole nitrogens is 2. The summed E-state index contributed by atoms with van der Waals surface area (Å²) in [6, 6.07) is 44.6. The summed E-state index contributed by atoms with van der Waals surface area (Å²) >= 11 is 0. The standard InChI is InChI=1S/C26H30FN5O3.C25H26FN5O2.C25H28FNO3.C24H26FNO3/c1-26(2,25-28-30-31-29-25)15-32-9-7-16(8-10-32)24-19-6-5-18(33-3)11-17(19)14-35-22-13-21(27)23(34-4)12-20(22)24;1-32-19-3-5-20-17(12-19)14-33-22-13-18(26)2-4-21(22)23(20)16-6-10-31(11-7-16)15-25(8-9-25)24-27-29-30-28-24;1-16-4-7-22-21(12-16)23(20-6-5-19(26)13-18(20)14-30-22)17-8-10-27(11-9-17)15-25(2,3)24(28)29;1-16(6-9-23(27)28)26-12-10-17(11-13-26)24-20-8-7-19(25)14-18(20)15-29-22-5-3-2-4-21(22)24/h5-6,11-13H,7-10,14-15H2,1-4H3,(H,28,29,30,31);2-5,12-13H,6-11,14-15H2,1H3,(H,27,28,29,30);4-7,12-13H,8-11,14-15H2,1-3H3,(H,28,29);2-5,7-8,14,16H,6,9-13,15H2,1H3,(H,27,28). The van der Waals surface area contributed by atoms with E-state index in [0.717, 1.165) is 242 Å². The minimum absolute atomic E-state index is 0.0566. The van der Waals surface area contributed by atoms with E-state index in [-0.39, 0.29) is 46.5 Å². The number of halogens is 4. The van der Waals surface area contributed by atoms with Crippen molar-refractivity contribution in [3.63, 3.8) is 0 Å². The molecule has 664 valence electrons. The highest BCUT2D eigenvalue weighted by atomic mass is 19.1. The highest BCUT2D eigenvalue weighted by Gasteiger charge is 2.49. The molecular weight excluding hydrogens is 1620 g/mol. The number of benzene rings is 8. The first kappa shape index (κ1) is 88.4. The summed E-state index contributed by atoms with van der Waals surface area (Å²) in [7, 11) is 4.80. The number of aromatic amines is 2. The second kappa shape index (κ2) is 38.3. The number of carboxylic acid groups (broad SMARTS) is 2. The van der Waals surface area contributed by atoms with Crippen LogP contribution in [0.3, 0.4) is 0 Å². The second-order valence-corrected chi connectivity index (χ2v) is 35.8. The van der Waals surface area contributed by atoms with Crippen LogP contribution in [-0.2, 0) is 46.8 Å². The lowest BCUT2D eigenvalue weighted by atomic mass is 9.85. The molecule has 9 aliphatic rings. The Morgan fingerprint density at radius 2 is 0.929 bits per heavy atom. The number of hydrogen-bond donors (Lipinski definition) is 4. The summed E-state index contributed by atoms with van der Waals surface area (Å²) in [4.78, 5) is 31.9. The fourth-order valence-electron chi connectivity index (χ4n) is 19.1. The topological polar surface area (TPSA) is 261 Å². The Labute approximate surface area is 737 Å². The third kappa shape index (κ3) is 19.9. The first-order valence-electron chi connectivity index (χ1n) is 43.9. The van der Waals surface area contributed by atoms with Gasteiger partial charge in [0, 0.05) is 152 Å². The summed E-state index contributed by atoms with van der Waals surface area (Å²) in [5.41, 5.74) is 22.3. The molecule has 1 unspecified atom stereocenters. The SMILES string of the molecule is CC(CCC(=O)O)N1CCC(=C2c3ccc(F)cc3COc3ccccc32)CC1.COc1ccc2c(c1)COc1cc(F)c(OC)cc1C2=C1CCN(CC(C)(C)c2nn[nH]n2)CC1.COc1ccc2c(c1)COc1cc(F)ccc1C2=C1CCN(CC2(c3nn[nH]n3)CC2)CC1.Cc1ccc2c(c1)C(=C1CCN(CC(C)(C)C(=O)O)CC1)c1ccc(F)cc1CO2. The number of carboxylic acids is 2. The van der Waals surface area contributed by atoms with Crippen LogP contribution in [0.5, 0.6) is 40.2 Å². The summed E-state index contributed by atoms with van der Waals surface area (Å²) in [5, 5.41) is 47.9. The largest absolute Gasteiger partial charge is 0.497 e. The first-order chi connectivity index (χ1) is 61.3. The number of likely N-dealkylation sites (tertiary alicyclic amines) is 4. The Morgan fingerprint density at radius 3 is 1.43 bits per heavy atom. The molecule has 4 saturated heterocycles. The average Bonchev–Trinajstić information content (AvgIpc) is 1.62. The minimum atomic E-state index is -0.770. The first-order valence-corrected chi connectivity index (χ1v) is 43.9. The molecule has 8 aliphatic heterocycles. The van der Waals surface area contributed by atoms with Gasteiger partial charge < -0.3 is 63.0 Å². The molecule has 0 amide bonds. The molecule has 1 aliphatic carbocycles. The van der Waals surface area contributed by atoms with Gasteiger partial charge in [0.05, 0.1) is 26.7 Å². The maximum Gasteiger partial charge on any atom is 0.310 e. The van der Waals surface area contributed by atoms with E-state index >= 15 is 0 Å². The van der Waals surface area contributed by atoms with Crippen LogP contribution in [0, 0.1) is 35.6 Å². The number of piperidine rings is 4. The lowest BCUT2D eigenvalue weighted by molar-refractivity contribution is -0.148. The minimum Gasteiger partial charge on any atom is -0.497 e. The predicted molar refractivity (Wildman–Crippen MR) is 475 cm³/mol. The van der Waals surface area contributed by atoms with E-state index in [2.05, 4.69) is 113 Å². The summed E-state index contributed by atoms with van der Waals surface area (Å²) in [6.45, 7) is 22.9. The van der Waals surface area contributed by atoms with Crippen molar-refractivity contribution < 1.29 is 70.5 Å². The van der Waals surface area contributed by atoms with Gasteiger partial charge in [0.25, 0.3) is 0 Å². The zero-order valence-electron chi connectivity index (χ0n) is 73.6. The maximum atomic E-state index is 14.6. The molecular formula is C100H110F4N12O11. The molecule has 1 atom stereocenters. The monoisotopic (exact) mass is 1730 g/mol. The van der Waals surface area contributed by atoms with Crippen molar-refractivity contribution in [1.29, 1.82) is 0 Å². The molecule has 5 fully saturated rings. The van der Waals surface area contributed by atoms with Gasteiger partial charge in [-0.25, -0.2) is 17.6 Å². The number of rotatable bonds is 16. The normalized spacial score (nSPS) is 17.6. The summed E-state index contributed by atoms with van der Waals surface area (Å²) < 4.78 is 96.8. The van der Waals surface area contributed by atoms with Crippen LogP contribution in [0.4, 0.5) is 17.6 Å². The van der Waals surface area contributed by atoms with E-state index in [1.54, 1.807) is 46.3 Å². The van der Waals surface area contributed by atoms with Gasteiger partial charge in [-0.2, -0.15) is 10.4 Å². The lowest BCUT2D eigenvalue weighted by Gasteiger charge is -2.35. The number of aromatic nitrogens is 8. The highest BCUT2D eigenvalue weighted by molar-refractivity contribution is 5.91. The Morgan fingerprint density at radius 1 is 0.480 bits per heavy atom. The molecule has 8 aromatic carbocycles. The predicted octanol–water partition coefficient (Wildman–Crippen LogP) is 17.9. The number of aliphatic carboxylic acids is 2. The van der Waals surface area contributed by atoms with Crippen LogP contribution in [0.25, 0.3) is 22.3 Å². The van der Waals surface area contributed by atoms with Gasteiger partial charge in [0.1, 0.15) is 78.4 Å². The van der Waals surface area contributed by atoms with Gasteiger partial charge in [-0.3, -0.25) is 9.59 Å². The maximum absolute atomic E-state index is 14.6. The second-order valence-electron chi connectivity index (χ2n) is 35.8. The van der Waals surface area contributed by atoms with E-state index in [4.69, 9.17) is 38.3 Å². The van der Waals surface area contributed by atoms with Crippen LogP contribution < -0.4 is 33.2 Å². The van der Waals surface area contributed by atoms with Crippen molar-refractivity contribution in [2.24, 2.45) is 5.41 Å². The molecule has 27 heteroatoms. The summed E-state index contributed by atoms with van der Waals surface area (Å²) in [5.74, 6) is 3.40. The number of carbonyl (C=O) groups is 2. The van der Waals surface area contributed by atoms with E-state index in [1.807, 2.05) is 72.8 Å². The molecule has 0 spiro atoms. The molecule has 0 bridgehead atoms. The van der Waals surface area contributed by atoms with E-state index < -0.39 is 23.2 Å². The molecule has 2 aromatic heterocycles. The number of ether oxygens (including phenoxy) is 7. The van der Waals surface area contributed by atoms with Crippen LogP contribution >= 0.6 is 0 Å². The third-order valence-corrected chi connectivity index (χ3v) is 26.2. The van der Waals surface area contributed by atoms with Crippen LogP contribution in [-0.4, -0.2) is 182 Å². The zero-order chi connectivity index (χ0) is 88.8. The molecule has 1 saturated carbocycles. The Kier molecular flexibility index (Phi) is 26.6. The fourth-order valence-corrected chi connectivity index (χ4v) is 19.1. The quantitative estimate of drug-likeness (QED) is 0.0655. The van der Waals surface area contributed by atoms with Gasteiger partial charge in [-0.05, 0) is 228 Å². The molecule has 4 N–H and O–H groups in total. The Balaban J connectivity index is 0.000000125. The Hall–Kier alpha value is -12.0. The van der Waals surface area contributed by atoms with Gasteiger partial charge in [-0.15, -0.1) is 20.4 Å². The summed E-state index contributed by atoms with van der Waals surface area (Å²) in [6.07, 6.45) is 10.3. The van der Waals surface area contributed by atoms with Crippen LogP contribution in [0.1, 0.15) is 196 Å². The van der Waals surface area contributed by atoms with E-state index in [9.17, 15) is 32.3 Å². The van der Waals surface area contributed by atoms with E-state index in [0.29, 0.717) is 56.7 Å². The van der Waals surface area contributed by atoms with Gasteiger partial charge in [0.2, 0.25) is 0 Å². The van der Waals surface area contributed by atoms with Crippen LogP contribution in [0.2, 0.25) is 0 Å². The number of nitrogens with one attached hydrogen (secondary N) is 2. The molecule has 10 aromatic rings. The number of hydrogen-bond acceptors (Lipinski definition) is 19. The number of fused-ring (bicyclic) bond motifs is 8. The van der Waals surface area contributed by atoms with Crippen molar-refractivity contribution in [3.8, 4) is 40.2 Å². The number of nitrogens with zero attached hydrogens (tertiary/aromatic N) is 10. The molecule has 23 nitrogen and oxygen atoms in total. The number of methoxy groups -OCH3 is 3. The average molecular weight is 1730 g/mol. The fraction of sp³-hybridized carbons (Fsp3) is 0.400. The Bertz CT molecular complexity index is 5830.